The van der Waals surface area contributed by atoms with Crippen LogP contribution in [0.4, 0.5) is 0 Å². The summed E-state index contributed by atoms with van der Waals surface area (Å²) in [6, 6.07) is 0. The SMILES string of the molecule is CC(C)C[C@H]1O[C@@H](C)[C@H](O)[C@@H]1OP(=O)(O)OC1CCC(O)CC1. The number of ether oxygens (including phenoxy) is 1. The Balaban J connectivity index is 1.95. The van der Waals surface area contributed by atoms with Gasteiger partial charge in [-0.15, -0.1) is 0 Å². The number of aliphatic hydroxyl groups excluding tert-OH is 2. The van der Waals surface area contributed by atoms with Crippen LogP contribution < -0.4 is 0 Å². The third kappa shape index (κ3) is 5.49. The highest BCUT2D eigenvalue weighted by molar-refractivity contribution is 7.47. The molecule has 1 aliphatic heterocycles. The summed E-state index contributed by atoms with van der Waals surface area (Å²) in [5.41, 5.74) is 0. The first kappa shape index (κ1) is 19.3. The van der Waals surface area contributed by atoms with E-state index in [1.165, 1.54) is 0 Å². The highest BCUT2D eigenvalue weighted by Crippen LogP contribution is 2.50. The minimum absolute atomic E-state index is 0.308. The number of hydrogen-bond donors (Lipinski definition) is 3. The molecule has 8 heteroatoms. The van der Waals surface area contributed by atoms with Gasteiger partial charge < -0.3 is 19.8 Å². The van der Waals surface area contributed by atoms with Gasteiger partial charge in [0, 0.05) is 0 Å². The van der Waals surface area contributed by atoms with Crippen LogP contribution in [-0.4, -0.2) is 51.7 Å². The number of phosphoric acid groups is 1. The summed E-state index contributed by atoms with van der Waals surface area (Å²) in [5, 5.41) is 19.6. The Bertz CT molecular complexity index is 420. The first-order chi connectivity index (χ1) is 10.7. The molecule has 1 heterocycles. The summed E-state index contributed by atoms with van der Waals surface area (Å²) >= 11 is 0. The van der Waals surface area contributed by atoms with Crippen molar-refractivity contribution < 1.29 is 33.5 Å². The van der Waals surface area contributed by atoms with Crippen LogP contribution in [0.3, 0.4) is 0 Å². The van der Waals surface area contributed by atoms with Crippen molar-refractivity contribution in [3.63, 3.8) is 0 Å². The maximum absolute atomic E-state index is 12.3. The van der Waals surface area contributed by atoms with E-state index >= 15 is 0 Å². The van der Waals surface area contributed by atoms with E-state index in [0.717, 1.165) is 0 Å². The Labute approximate surface area is 137 Å². The van der Waals surface area contributed by atoms with Gasteiger partial charge in [-0.2, -0.15) is 0 Å². The molecule has 7 nitrogen and oxygen atoms in total. The lowest BCUT2D eigenvalue weighted by Crippen LogP contribution is -2.35. The second kappa shape index (κ2) is 7.91. The van der Waals surface area contributed by atoms with Gasteiger partial charge in [0.2, 0.25) is 0 Å². The van der Waals surface area contributed by atoms with Gasteiger partial charge in [-0.25, -0.2) is 4.57 Å². The maximum Gasteiger partial charge on any atom is 0.472 e. The van der Waals surface area contributed by atoms with Crippen LogP contribution in [0.1, 0.15) is 52.9 Å². The van der Waals surface area contributed by atoms with E-state index in [9.17, 15) is 19.7 Å². The highest BCUT2D eigenvalue weighted by atomic mass is 31.2. The van der Waals surface area contributed by atoms with E-state index in [4.69, 9.17) is 13.8 Å². The van der Waals surface area contributed by atoms with Crippen LogP contribution in [-0.2, 0) is 18.3 Å². The molecule has 1 unspecified atom stereocenters. The summed E-state index contributed by atoms with van der Waals surface area (Å²) in [6.45, 7) is 5.74. The minimum atomic E-state index is -4.30. The van der Waals surface area contributed by atoms with Gasteiger partial charge >= 0.3 is 7.82 Å². The Morgan fingerprint density at radius 1 is 1.17 bits per heavy atom. The molecule has 0 spiro atoms. The third-order valence-electron chi connectivity index (χ3n) is 4.46. The molecule has 0 aromatic carbocycles. The number of aliphatic hydroxyl groups is 2. The van der Waals surface area contributed by atoms with Crippen molar-refractivity contribution in [1.29, 1.82) is 0 Å². The first-order valence-electron chi connectivity index (χ1n) is 8.39. The second-order valence-electron chi connectivity index (χ2n) is 7.07. The van der Waals surface area contributed by atoms with Crippen LogP contribution in [0.2, 0.25) is 0 Å². The molecule has 2 fully saturated rings. The zero-order valence-corrected chi connectivity index (χ0v) is 14.9. The molecule has 136 valence electrons. The van der Waals surface area contributed by atoms with E-state index in [2.05, 4.69) is 0 Å². The highest BCUT2D eigenvalue weighted by Gasteiger charge is 2.46. The third-order valence-corrected chi connectivity index (χ3v) is 5.53. The number of rotatable bonds is 6. The van der Waals surface area contributed by atoms with Crippen molar-refractivity contribution >= 4 is 7.82 Å². The molecule has 2 aliphatic rings. The summed E-state index contributed by atoms with van der Waals surface area (Å²) in [7, 11) is -4.30. The van der Waals surface area contributed by atoms with E-state index in [1.54, 1.807) is 6.92 Å². The molecule has 1 saturated heterocycles. The molecule has 0 aromatic heterocycles. The molecule has 1 saturated carbocycles. The molecule has 0 radical (unpaired) electrons. The quantitative estimate of drug-likeness (QED) is 0.628. The lowest BCUT2D eigenvalue weighted by atomic mass is 9.95. The molecule has 0 amide bonds. The van der Waals surface area contributed by atoms with Crippen molar-refractivity contribution in [2.45, 2.75) is 89.5 Å². The lowest BCUT2D eigenvalue weighted by Gasteiger charge is -2.29. The molecule has 0 aromatic rings. The van der Waals surface area contributed by atoms with Gasteiger partial charge in [-0.1, -0.05) is 13.8 Å². The van der Waals surface area contributed by atoms with Crippen LogP contribution >= 0.6 is 7.82 Å². The molecular weight excluding hydrogens is 323 g/mol. The monoisotopic (exact) mass is 352 g/mol. The number of phosphoric ester groups is 1. The average Bonchev–Trinajstić information content (AvgIpc) is 2.68. The summed E-state index contributed by atoms with van der Waals surface area (Å²) in [4.78, 5) is 10.0. The topological polar surface area (TPSA) is 105 Å². The van der Waals surface area contributed by atoms with Gasteiger partial charge in [0.15, 0.2) is 0 Å². The fourth-order valence-corrected chi connectivity index (χ4v) is 4.43. The van der Waals surface area contributed by atoms with Crippen LogP contribution in [0.25, 0.3) is 0 Å². The Hall–Kier alpha value is -0.0100. The predicted molar refractivity (Wildman–Crippen MR) is 83.8 cm³/mol. The largest absolute Gasteiger partial charge is 0.472 e. The first-order valence-corrected chi connectivity index (χ1v) is 9.88. The summed E-state index contributed by atoms with van der Waals surface area (Å²) in [5.74, 6) is 0.308. The number of hydrogen-bond acceptors (Lipinski definition) is 6. The van der Waals surface area contributed by atoms with Crippen molar-refractivity contribution in [1.82, 2.24) is 0 Å². The van der Waals surface area contributed by atoms with Gasteiger partial charge in [0.25, 0.3) is 0 Å². The average molecular weight is 352 g/mol. The van der Waals surface area contributed by atoms with Gasteiger partial charge in [-0.05, 0) is 44.9 Å². The zero-order chi connectivity index (χ0) is 17.2. The summed E-state index contributed by atoms with van der Waals surface area (Å²) in [6.07, 6.45) is -0.736. The van der Waals surface area contributed by atoms with Crippen molar-refractivity contribution in [3.05, 3.63) is 0 Å². The van der Waals surface area contributed by atoms with E-state index < -0.39 is 38.3 Å². The minimum Gasteiger partial charge on any atom is -0.393 e. The molecular formula is C15H29O7P. The smallest absolute Gasteiger partial charge is 0.393 e. The molecule has 1 aliphatic carbocycles. The molecule has 2 rings (SSSR count). The van der Waals surface area contributed by atoms with Crippen LogP contribution in [0, 0.1) is 5.92 Å². The standard InChI is InChI=1S/C15H29O7P/c1-9(2)8-13-15(14(17)10(3)20-13)22-23(18,19)21-12-6-4-11(16)5-7-12/h9-17H,4-8H2,1-3H3,(H,18,19)/t10-,11?,12?,13+,14-,15+/m0/s1. The van der Waals surface area contributed by atoms with Crippen LogP contribution in [0.15, 0.2) is 0 Å². The van der Waals surface area contributed by atoms with E-state index in [0.29, 0.717) is 38.0 Å². The molecule has 23 heavy (non-hydrogen) atoms. The van der Waals surface area contributed by atoms with Gasteiger partial charge in [-0.3, -0.25) is 9.05 Å². The maximum atomic E-state index is 12.3. The Morgan fingerprint density at radius 2 is 1.78 bits per heavy atom. The van der Waals surface area contributed by atoms with Crippen molar-refractivity contribution in [2.24, 2.45) is 5.92 Å². The Morgan fingerprint density at radius 3 is 2.35 bits per heavy atom. The molecule has 5 atom stereocenters. The fraction of sp³-hybridized carbons (Fsp3) is 1.00. The van der Waals surface area contributed by atoms with E-state index in [1.807, 2.05) is 13.8 Å². The second-order valence-corrected chi connectivity index (χ2v) is 8.43. The van der Waals surface area contributed by atoms with Crippen molar-refractivity contribution in [3.8, 4) is 0 Å². The fourth-order valence-electron chi connectivity index (χ4n) is 3.22. The van der Waals surface area contributed by atoms with Crippen molar-refractivity contribution in [2.75, 3.05) is 0 Å². The summed E-state index contributed by atoms with van der Waals surface area (Å²) < 4.78 is 28.4. The van der Waals surface area contributed by atoms with Gasteiger partial charge in [0.1, 0.15) is 12.2 Å². The molecule has 3 N–H and O–H groups in total. The molecule has 0 bridgehead atoms. The zero-order valence-electron chi connectivity index (χ0n) is 14.0. The van der Waals surface area contributed by atoms with Gasteiger partial charge in [0.05, 0.1) is 24.4 Å². The van der Waals surface area contributed by atoms with E-state index in [-0.39, 0.29) is 6.10 Å². The Kier molecular flexibility index (Phi) is 6.65. The lowest BCUT2D eigenvalue weighted by molar-refractivity contribution is -0.0142. The normalized spacial score (nSPS) is 41.2. The predicted octanol–water partition coefficient (Wildman–Crippen LogP) is 1.99. The van der Waals surface area contributed by atoms with Crippen LogP contribution in [0.5, 0.6) is 0 Å².